The number of hydrogen-bond acceptors (Lipinski definition) is 4. The molecule has 5 heteroatoms. The summed E-state index contributed by atoms with van der Waals surface area (Å²) in [5, 5.41) is 0. The molecule has 0 aliphatic rings. The molecule has 0 spiro atoms. The Balaban J connectivity index is 2.26. The summed E-state index contributed by atoms with van der Waals surface area (Å²) in [7, 11) is 1.36. The number of carbonyl (C=O) groups excluding carboxylic acids is 2. The van der Waals surface area contributed by atoms with Crippen LogP contribution in [-0.2, 0) is 16.1 Å². The van der Waals surface area contributed by atoms with Crippen molar-refractivity contribution in [3.63, 3.8) is 0 Å². The number of methoxy groups -OCH3 is 1. The van der Waals surface area contributed by atoms with Gasteiger partial charge < -0.3 is 9.64 Å². The lowest BCUT2D eigenvalue weighted by Crippen LogP contribution is -2.33. The first-order chi connectivity index (χ1) is 12.0. The number of amides is 1. The first kappa shape index (κ1) is 19.1. The molecule has 0 aliphatic heterocycles. The molecule has 0 saturated carbocycles. The maximum atomic E-state index is 13.1. The molecule has 132 valence electrons. The number of aryl methyl sites for hydroxylation is 1. The molecule has 0 aliphatic carbocycles. The minimum atomic E-state index is -0.319. The number of ether oxygens (including phenoxy) is 1. The molecule has 0 fully saturated rings. The van der Waals surface area contributed by atoms with Gasteiger partial charge in [-0.25, -0.2) is 0 Å². The maximum absolute atomic E-state index is 13.1. The third-order valence-electron chi connectivity index (χ3n) is 3.99. The predicted octanol–water partition coefficient (Wildman–Crippen LogP) is 3.92. The van der Waals surface area contributed by atoms with E-state index in [1.165, 1.54) is 7.11 Å². The van der Waals surface area contributed by atoms with E-state index in [9.17, 15) is 9.59 Å². The second-order valence-electron chi connectivity index (χ2n) is 5.72. The van der Waals surface area contributed by atoms with Crippen LogP contribution < -0.4 is 0 Å². The van der Waals surface area contributed by atoms with Crippen molar-refractivity contribution in [3.8, 4) is 0 Å². The molecule has 2 aromatic carbocycles. The van der Waals surface area contributed by atoms with Crippen LogP contribution in [0, 0.1) is 6.92 Å². The van der Waals surface area contributed by atoms with Crippen molar-refractivity contribution < 1.29 is 14.3 Å². The molecule has 0 bridgehead atoms. The maximum Gasteiger partial charge on any atom is 0.307 e. The summed E-state index contributed by atoms with van der Waals surface area (Å²) in [4.78, 5) is 27.4. The van der Waals surface area contributed by atoms with E-state index in [0.717, 1.165) is 16.0 Å². The summed E-state index contributed by atoms with van der Waals surface area (Å²) in [6.45, 7) is 2.71. The molecule has 2 aromatic rings. The van der Waals surface area contributed by atoms with Crippen LogP contribution in [-0.4, -0.2) is 36.7 Å². The average Bonchev–Trinajstić information content (AvgIpc) is 2.65. The van der Waals surface area contributed by atoms with E-state index >= 15 is 0 Å². The van der Waals surface area contributed by atoms with Gasteiger partial charge in [0.05, 0.1) is 13.5 Å². The van der Waals surface area contributed by atoms with Crippen LogP contribution in [0.3, 0.4) is 0 Å². The first-order valence-corrected chi connectivity index (χ1v) is 9.32. The van der Waals surface area contributed by atoms with Gasteiger partial charge in [0.1, 0.15) is 0 Å². The number of rotatable bonds is 7. The fraction of sp³-hybridized carbons (Fsp3) is 0.300. The molecular formula is C20H23NO3S. The Hall–Kier alpha value is -2.27. The normalized spacial score (nSPS) is 10.4. The van der Waals surface area contributed by atoms with Gasteiger partial charge in [-0.1, -0.05) is 36.4 Å². The Bertz CT molecular complexity index is 731. The Labute approximate surface area is 153 Å². The highest BCUT2D eigenvalue weighted by atomic mass is 32.2. The lowest BCUT2D eigenvalue weighted by Gasteiger charge is -2.23. The second kappa shape index (κ2) is 9.28. The van der Waals surface area contributed by atoms with E-state index in [0.29, 0.717) is 18.7 Å². The summed E-state index contributed by atoms with van der Waals surface area (Å²) >= 11 is 1.60. The molecule has 0 saturated heterocycles. The van der Waals surface area contributed by atoms with Crippen molar-refractivity contribution in [2.45, 2.75) is 24.8 Å². The highest BCUT2D eigenvalue weighted by molar-refractivity contribution is 7.98. The molecule has 0 aromatic heterocycles. The van der Waals surface area contributed by atoms with Gasteiger partial charge in [-0.2, -0.15) is 0 Å². The quantitative estimate of drug-likeness (QED) is 0.556. The number of hydrogen-bond donors (Lipinski definition) is 0. The Morgan fingerprint density at radius 2 is 1.84 bits per heavy atom. The smallest absolute Gasteiger partial charge is 0.307 e. The van der Waals surface area contributed by atoms with Crippen LogP contribution in [0.5, 0.6) is 0 Å². The van der Waals surface area contributed by atoms with Crippen molar-refractivity contribution in [1.82, 2.24) is 4.90 Å². The monoisotopic (exact) mass is 357 g/mol. The summed E-state index contributed by atoms with van der Waals surface area (Å²) in [6.07, 6.45) is 2.16. The van der Waals surface area contributed by atoms with Crippen LogP contribution in [0.15, 0.2) is 53.4 Å². The number of carbonyl (C=O) groups is 2. The third kappa shape index (κ3) is 5.36. The van der Waals surface area contributed by atoms with E-state index in [-0.39, 0.29) is 18.3 Å². The lowest BCUT2D eigenvalue weighted by atomic mass is 10.1. The predicted molar refractivity (Wildman–Crippen MR) is 101 cm³/mol. The zero-order valence-electron chi connectivity index (χ0n) is 14.8. The third-order valence-corrected chi connectivity index (χ3v) is 4.72. The van der Waals surface area contributed by atoms with Gasteiger partial charge in [0.15, 0.2) is 0 Å². The SMILES string of the molecule is COC(=O)CCN(Cc1ccccc1)C(=O)c1cc(SC)ccc1C. The lowest BCUT2D eigenvalue weighted by molar-refractivity contribution is -0.140. The molecule has 2 rings (SSSR count). The van der Waals surface area contributed by atoms with Crippen molar-refractivity contribution in [1.29, 1.82) is 0 Å². The van der Waals surface area contributed by atoms with Crippen LogP contribution in [0.25, 0.3) is 0 Å². The van der Waals surface area contributed by atoms with E-state index in [1.807, 2.05) is 61.7 Å². The van der Waals surface area contributed by atoms with Gasteiger partial charge in [0, 0.05) is 23.5 Å². The zero-order valence-corrected chi connectivity index (χ0v) is 15.6. The standard InChI is InChI=1S/C20H23NO3S/c1-15-9-10-17(25-3)13-18(15)20(23)21(12-11-19(22)24-2)14-16-7-5-4-6-8-16/h4-10,13H,11-12,14H2,1-3H3. The zero-order chi connectivity index (χ0) is 18.2. The number of thioether (sulfide) groups is 1. The van der Waals surface area contributed by atoms with E-state index in [4.69, 9.17) is 4.74 Å². The van der Waals surface area contributed by atoms with Gasteiger partial charge >= 0.3 is 5.97 Å². The number of esters is 1. The largest absolute Gasteiger partial charge is 0.469 e. The first-order valence-electron chi connectivity index (χ1n) is 8.09. The van der Waals surface area contributed by atoms with Crippen LogP contribution in [0.4, 0.5) is 0 Å². The fourth-order valence-corrected chi connectivity index (χ4v) is 2.95. The molecule has 4 nitrogen and oxygen atoms in total. The number of benzene rings is 2. The highest BCUT2D eigenvalue weighted by Gasteiger charge is 2.19. The van der Waals surface area contributed by atoms with Gasteiger partial charge in [-0.05, 0) is 36.4 Å². The van der Waals surface area contributed by atoms with Gasteiger partial charge in [0.25, 0.3) is 5.91 Å². The Morgan fingerprint density at radius 1 is 1.12 bits per heavy atom. The number of nitrogens with zero attached hydrogens (tertiary/aromatic N) is 1. The van der Waals surface area contributed by atoms with Crippen molar-refractivity contribution >= 4 is 23.6 Å². The second-order valence-corrected chi connectivity index (χ2v) is 6.60. The van der Waals surface area contributed by atoms with Gasteiger partial charge in [-0.15, -0.1) is 11.8 Å². The summed E-state index contributed by atoms with van der Waals surface area (Å²) in [6, 6.07) is 15.7. The minimum Gasteiger partial charge on any atom is -0.469 e. The molecule has 0 unspecified atom stereocenters. The fourth-order valence-electron chi connectivity index (χ4n) is 2.51. The summed E-state index contributed by atoms with van der Waals surface area (Å²) in [5.74, 6) is -0.387. The van der Waals surface area contributed by atoms with Gasteiger partial charge in [-0.3, -0.25) is 9.59 Å². The molecule has 0 N–H and O–H groups in total. The van der Waals surface area contributed by atoms with E-state index in [1.54, 1.807) is 16.7 Å². The van der Waals surface area contributed by atoms with E-state index < -0.39 is 0 Å². The Kier molecular flexibility index (Phi) is 7.07. The van der Waals surface area contributed by atoms with Crippen molar-refractivity contribution in [2.24, 2.45) is 0 Å². The van der Waals surface area contributed by atoms with Crippen molar-refractivity contribution in [2.75, 3.05) is 19.9 Å². The Morgan fingerprint density at radius 3 is 2.48 bits per heavy atom. The average molecular weight is 357 g/mol. The molecule has 0 atom stereocenters. The minimum absolute atomic E-state index is 0.0684. The van der Waals surface area contributed by atoms with Crippen LogP contribution >= 0.6 is 11.8 Å². The van der Waals surface area contributed by atoms with Crippen molar-refractivity contribution in [3.05, 3.63) is 65.2 Å². The highest BCUT2D eigenvalue weighted by Crippen LogP contribution is 2.21. The molecular weight excluding hydrogens is 334 g/mol. The molecule has 1 amide bonds. The van der Waals surface area contributed by atoms with Gasteiger partial charge in [0.2, 0.25) is 0 Å². The summed E-state index contributed by atoms with van der Waals surface area (Å²) in [5.41, 5.74) is 2.63. The summed E-state index contributed by atoms with van der Waals surface area (Å²) < 4.78 is 4.72. The van der Waals surface area contributed by atoms with E-state index in [2.05, 4.69) is 0 Å². The van der Waals surface area contributed by atoms with Crippen LogP contribution in [0.1, 0.15) is 27.9 Å². The van der Waals surface area contributed by atoms with Crippen LogP contribution in [0.2, 0.25) is 0 Å². The molecule has 25 heavy (non-hydrogen) atoms. The molecule has 0 heterocycles. The molecule has 0 radical (unpaired) electrons. The topological polar surface area (TPSA) is 46.6 Å².